The van der Waals surface area contributed by atoms with E-state index in [0.29, 0.717) is 24.6 Å². The second kappa shape index (κ2) is 10.1. The minimum atomic E-state index is -0.410. The molecule has 1 aliphatic rings. The molecule has 150 valence electrons. The van der Waals surface area contributed by atoms with Crippen LogP contribution in [0, 0.1) is 0 Å². The zero-order valence-electron chi connectivity index (χ0n) is 16.4. The third-order valence-corrected chi connectivity index (χ3v) is 5.19. The first-order chi connectivity index (χ1) is 13.7. The van der Waals surface area contributed by atoms with Crippen molar-refractivity contribution in [3.63, 3.8) is 0 Å². The highest BCUT2D eigenvalue weighted by Crippen LogP contribution is 2.23. The Labute approximate surface area is 165 Å². The van der Waals surface area contributed by atoms with Crippen LogP contribution in [0.3, 0.4) is 0 Å². The van der Waals surface area contributed by atoms with Crippen LogP contribution >= 0.6 is 0 Å². The summed E-state index contributed by atoms with van der Waals surface area (Å²) in [6.45, 7) is 2.44. The molecule has 2 aromatic rings. The summed E-state index contributed by atoms with van der Waals surface area (Å²) in [5.74, 6) is 0.641. The normalized spacial score (nSPS) is 14.6. The molecule has 1 aromatic carbocycles. The van der Waals surface area contributed by atoms with E-state index >= 15 is 0 Å². The Balaban J connectivity index is 1.43. The van der Waals surface area contributed by atoms with Crippen molar-refractivity contribution in [2.45, 2.75) is 57.9 Å². The lowest BCUT2D eigenvalue weighted by Crippen LogP contribution is -2.43. The van der Waals surface area contributed by atoms with Crippen molar-refractivity contribution in [3.8, 4) is 11.3 Å². The number of hydrogen-bond donors (Lipinski definition) is 0. The van der Waals surface area contributed by atoms with Crippen molar-refractivity contribution < 1.29 is 18.7 Å². The minimum absolute atomic E-state index is 0.106. The first-order valence-corrected chi connectivity index (χ1v) is 10.1. The highest BCUT2D eigenvalue weighted by molar-refractivity contribution is 5.81. The van der Waals surface area contributed by atoms with E-state index in [4.69, 9.17) is 9.15 Å². The fourth-order valence-electron chi connectivity index (χ4n) is 3.70. The first kappa shape index (κ1) is 20.1. The van der Waals surface area contributed by atoms with Gasteiger partial charge in [0.15, 0.2) is 18.3 Å². The van der Waals surface area contributed by atoms with Gasteiger partial charge in [-0.1, -0.05) is 49.6 Å². The highest BCUT2D eigenvalue weighted by atomic mass is 16.5. The van der Waals surface area contributed by atoms with Crippen LogP contribution in [0.4, 0.5) is 0 Å². The molecule has 28 heavy (non-hydrogen) atoms. The second-order valence-electron chi connectivity index (χ2n) is 7.12. The lowest BCUT2D eigenvalue weighted by Gasteiger charge is -2.33. The number of aryl methyl sites for hydroxylation is 1. The molecule has 1 aliphatic carbocycles. The number of rotatable bonds is 8. The molecule has 3 rings (SSSR count). The van der Waals surface area contributed by atoms with Crippen LogP contribution in [0.1, 0.15) is 51.3 Å². The SMILES string of the molecule is CCN(C(=O)COC(=O)CCc1ncc(-c2ccccc2)o1)C1CCCCC1. The maximum atomic E-state index is 12.4. The smallest absolute Gasteiger partial charge is 0.306 e. The summed E-state index contributed by atoms with van der Waals surface area (Å²) < 4.78 is 10.9. The summed E-state index contributed by atoms with van der Waals surface area (Å²) in [5, 5.41) is 0. The monoisotopic (exact) mass is 384 g/mol. The zero-order valence-corrected chi connectivity index (χ0v) is 16.4. The zero-order chi connectivity index (χ0) is 19.8. The second-order valence-corrected chi connectivity index (χ2v) is 7.12. The van der Waals surface area contributed by atoms with Gasteiger partial charge >= 0.3 is 5.97 Å². The third kappa shape index (κ3) is 5.44. The molecule has 1 heterocycles. The van der Waals surface area contributed by atoms with Gasteiger partial charge in [0.05, 0.1) is 12.6 Å². The number of esters is 1. The molecule has 6 heteroatoms. The van der Waals surface area contributed by atoms with Gasteiger partial charge in [-0.2, -0.15) is 0 Å². The van der Waals surface area contributed by atoms with E-state index in [1.165, 1.54) is 6.42 Å². The maximum Gasteiger partial charge on any atom is 0.306 e. The van der Waals surface area contributed by atoms with Gasteiger partial charge in [-0.3, -0.25) is 9.59 Å². The Hall–Kier alpha value is -2.63. The van der Waals surface area contributed by atoms with Gasteiger partial charge in [-0.05, 0) is 19.8 Å². The van der Waals surface area contributed by atoms with Crippen molar-refractivity contribution in [1.82, 2.24) is 9.88 Å². The standard InChI is InChI=1S/C22H28N2O4/c1-2-24(18-11-7-4-8-12-18)21(25)16-27-22(26)14-13-20-23-15-19(28-20)17-9-5-3-6-10-17/h3,5-6,9-10,15,18H,2,4,7-8,11-14,16H2,1H3. The van der Waals surface area contributed by atoms with Gasteiger partial charge in [0, 0.05) is 24.6 Å². The minimum Gasteiger partial charge on any atom is -0.456 e. The summed E-state index contributed by atoms with van der Waals surface area (Å²) in [6, 6.07) is 9.96. The molecule has 0 unspecified atom stereocenters. The molecule has 1 amide bonds. The molecule has 1 fully saturated rings. The van der Waals surface area contributed by atoms with Crippen LogP contribution in [-0.4, -0.2) is 41.0 Å². The van der Waals surface area contributed by atoms with Crippen molar-refractivity contribution in [1.29, 1.82) is 0 Å². The van der Waals surface area contributed by atoms with E-state index in [1.54, 1.807) is 6.20 Å². The van der Waals surface area contributed by atoms with Gasteiger partial charge in [0.2, 0.25) is 0 Å². The van der Waals surface area contributed by atoms with E-state index in [2.05, 4.69) is 4.98 Å². The Morgan fingerprint density at radius 1 is 1.18 bits per heavy atom. The number of likely N-dealkylation sites (N-methyl/N-ethyl adjacent to an activating group) is 1. The van der Waals surface area contributed by atoms with E-state index in [1.807, 2.05) is 42.2 Å². The fraction of sp³-hybridized carbons (Fsp3) is 0.500. The number of carbonyl (C=O) groups excluding carboxylic acids is 2. The van der Waals surface area contributed by atoms with Crippen LogP contribution < -0.4 is 0 Å². The highest BCUT2D eigenvalue weighted by Gasteiger charge is 2.24. The Morgan fingerprint density at radius 2 is 1.93 bits per heavy atom. The number of oxazole rings is 1. The number of amides is 1. The lowest BCUT2D eigenvalue weighted by atomic mass is 9.94. The summed E-state index contributed by atoms with van der Waals surface area (Å²) in [4.78, 5) is 30.5. The number of nitrogens with zero attached hydrogens (tertiary/aromatic N) is 2. The van der Waals surface area contributed by atoms with E-state index in [9.17, 15) is 9.59 Å². The Kier molecular flexibility index (Phi) is 7.23. The average molecular weight is 384 g/mol. The summed E-state index contributed by atoms with van der Waals surface area (Å²) in [7, 11) is 0. The van der Waals surface area contributed by atoms with Crippen molar-refractivity contribution in [2.75, 3.05) is 13.2 Å². The molecule has 6 nitrogen and oxygen atoms in total. The largest absolute Gasteiger partial charge is 0.456 e. The van der Waals surface area contributed by atoms with E-state index < -0.39 is 5.97 Å². The van der Waals surface area contributed by atoms with Crippen LogP contribution in [0.15, 0.2) is 40.9 Å². The van der Waals surface area contributed by atoms with Gasteiger partial charge in [-0.25, -0.2) is 4.98 Å². The molecule has 0 bridgehead atoms. The number of aromatic nitrogens is 1. The molecular formula is C22H28N2O4. The predicted octanol–water partition coefficient (Wildman–Crippen LogP) is 4.00. The summed E-state index contributed by atoms with van der Waals surface area (Å²) in [5.41, 5.74) is 0.941. The molecule has 0 N–H and O–H groups in total. The van der Waals surface area contributed by atoms with Gasteiger partial charge in [0.25, 0.3) is 5.91 Å². The van der Waals surface area contributed by atoms with Crippen LogP contribution in [0.5, 0.6) is 0 Å². The third-order valence-electron chi connectivity index (χ3n) is 5.19. The molecule has 0 saturated heterocycles. The van der Waals surface area contributed by atoms with Crippen molar-refractivity contribution >= 4 is 11.9 Å². The summed E-state index contributed by atoms with van der Waals surface area (Å²) in [6.07, 6.45) is 7.79. The van der Waals surface area contributed by atoms with Gasteiger partial charge < -0.3 is 14.1 Å². The molecule has 0 aliphatic heterocycles. The molecule has 0 atom stereocenters. The predicted molar refractivity (Wildman–Crippen MR) is 105 cm³/mol. The van der Waals surface area contributed by atoms with Crippen LogP contribution in [0.2, 0.25) is 0 Å². The average Bonchev–Trinajstić information content (AvgIpc) is 3.22. The Morgan fingerprint density at radius 3 is 2.64 bits per heavy atom. The van der Waals surface area contributed by atoms with E-state index in [0.717, 1.165) is 31.2 Å². The van der Waals surface area contributed by atoms with Crippen LogP contribution in [-0.2, 0) is 20.7 Å². The first-order valence-electron chi connectivity index (χ1n) is 10.1. The number of hydrogen-bond acceptors (Lipinski definition) is 5. The molecule has 1 saturated carbocycles. The summed E-state index contributed by atoms with van der Waals surface area (Å²) >= 11 is 0. The van der Waals surface area contributed by atoms with Crippen molar-refractivity contribution in [2.24, 2.45) is 0 Å². The molecule has 1 aromatic heterocycles. The van der Waals surface area contributed by atoms with Gasteiger partial charge in [-0.15, -0.1) is 0 Å². The fourth-order valence-corrected chi connectivity index (χ4v) is 3.70. The number of benzene rings is 1. The molecular weight excluding hydrogens is 356 g/mol. The molecule has 0 radical (unpaired) electrons. The lowest BCUT2D eigenvalue weighted by molar-refractivity contribution is -0.153. The number of ether oxygens (including phenoxy) is 1. The Bertz CT molecular complexity index is 766. The van der Waals surface area contributed by atoms with Crippen molar-refractivity contribution in [3.05, 3.63) is 42.4 Å². The van der Waals surface area contributed by atoms with E-state index in [-0.39, 0.29) is 25.0 Å². The van der Waals surface area contributed by atoms with Gasteiger partial charge in [0.1, 0.15) is 0 Å². The number of carbonyl (C=O) groups is 2. The van der Waals surface area contributed by atoms with Crippen LogP contribution in [0.25, 0.3) is 11.3 Å². The quantitative estimate of drug-likeness (QED) is 0.643. The maximum absolute atomic E-state index is 12.4. The topological polar surface area (TPSA) is 72.6 Å². The molecule has 0 spiro atoms.